The van der Waals surface area contributed by atoms with Crippen molar-refractivity contribution in [2.75, 3.05) is 13.6 Å². The highest BCUT2D eigenvalue weighted by Gasteiger charge is 2.25. The molecule has 1 N–H and O–H groups in total. The second-order valence-corrected chi connectivity index (χ2v) is 5.13. The van der Waals surface area contributed by atoms with Crippen LogP contribution < -0.4 is 0 Å². The first-order valence-corrected chi connectivity index (χ1v) is 6.50. The average Bonchev–Trinajstić information content (AvgIpc) is 2.84. The van der Waals surface area contributed by atoms with E-state index >= 15 is 0 Å². The minimum absolute atomic E-state index is 0.145. The van der Waals surface area contributed by atoms with E-state index in [-0.39, 0.29) is 17.5 Å². The van der Waals surface area contributed by atoms with Crippen molar-refractivity contribution in [2.45, 2.75) is 18.9 Å². The van der Waals surface area contributed by atoms with Gasteiger partial charge < -0.3 is 14.6 Å². The molecule has 6 heteroatoms. The number of hydrogen-bond acceptors (Lipinski definition) is 3. The number of amides is 1. The monoisotopic (exact) mass is 273 g/mol. The Morgan fingerprint density at radius 1 is 1.45 bits per heavy atom. The Morgan fingerprint density at radius 2 is 2.25 bits per heavy atom. The van der Waals surface area contributed by atoms with Crippen LogP contribution in [0.5, 0.6) is 0 Å². The van der Waals surface area contributed by atoms with Crippen LogP contribution in [-0.2, 0) is 4.79 Å². The lowest BCUT2D eigenvalue weighted by Crippen LogP contribution is -2.37. The number of fused-ring (bicyclic) bond motifs is 1. The molecule has 1 fully saturated rings. The number of likely N-dealkylation sites (tertiary alicyclic amines) is 1. The summed E-state index contributed by atoms with van der Waals surface area (Å²) in [6, 6.07) is 5.05. The number of carbonyl (C=O) groups excluding carboxylic acids is 1. The van der Waals surface area contributed by atoms with Gasteiger partial charge in [0.05, 0.1) is 29.0 Å². The number of nitrogens with zero attached hydrogens (tertiary/aromatic N) is 3. The normalized spacial score (nSPS) is 19.6. The van der Waals surface area contributed by atoms with E-state index in [0.717, 1.165) is 17.5 Å². The molecule has 1 aliphatic heterocycles. The summed E-state index contributed by atoms with van der Waals surface area (Å²) in [5, 5.41) is 9.08. The van der Waals surface area contributed by atoms with Gasteiger partial charge in [-0.05, 0) is 24.6 Å². The van der Waals surface area contributed by atoms with E-state index in [1.807, 2.05) is 4.57 Å². The molecule has 1 amide bonds. The van der Waals surface area contributed by atoms with Crippen molar-refractivity contribution in [3.8, 4) is 0 Å². The number of rotatable bonds is 2. The zero-order valence-electron chi connectivity index (χ0n) is 11.1. The molecular formula is C14H15N3O3. The van der Waals surface area contributed by atoms with Gasteiger partial charge in [-0.25, -0.2) is 9.78 Å². The van der Waals surface area contributed by atoms with Gasteiger partial charge in [0.15, 0.2) is 0 Å². The topological polar surface area (TPSA) is 75.4 Å². The lowest BCUT2D eigenvalue weighted by Gasteiger charge is -2.30. The van der Waals surface area contributed by atoms with Crippen LogP contribution in [0.3, 0.4) is 0 Å². The molecule has 3 rings (SSSR count). The third-order valence-electron chi connectivity index (χ3n) is 3.82. The van der Waals surface area contributed by atoms with E-state index < -0.39 is 5.97 Å². The summed E-state index contributed by atoms with van der Waals surface area (Å²) in [6.07, 6.45) is 3.00. The highest BCUT2D eigenvalue weighted by Crippen LogP contribution is 2.26. The molecule has 104 valence electrons. The molecule has 0 aliphatic carbocycles. The molecule has 0 radical (unpaired) electrons. The van der Waals surface area contributed by atoms with E-state index in [1.54, 1.807) is 36.5 Å². The Hall–Kier alpha value is -2.37. The van der Waals surface area contributed by atoms with Crippen molar-refractivity contribution < 1.29 is 14.7 Å². The summed E-state index contributed by atoms with van der Waals surface area (Å²) in [7, 11) is 1.79. The molecule has 1 unspecified atom stereocenters. The Bertz CT molecular complexity index is 692. The van der Waals surface area contributed by atoms with Gasteiger partial charge in [0.2, 0.25) is 5.91 Å². The molecule has 6 nitrogen and oxygen atoms in total. The number of carbonyl (C=O) groups is 2. The fraction of sp³-hybridized carbons (Fsp3) is 0.357. The predicted molar refractivity (Wildman–Crippen MR) is 72.6 cm³/mol. The van der Waals surface area contributed by atoms with Gasteiger partial charge in [-0.3, -0.25) is 4.79 Å². The van der Waals surface area contributed by atoms with E-state index in [0.29, 0.717) is 13.0 Å². The predicted octanol–water partition coefficient (Wildman–Crippen LogP) is 1.53. The van der Waals surface area contributed by atoms with Gasteiger partial charge in [0, 0.05) is 20.0 Å². The van der Waals surface area contributed by atoms with E-state index in [1.165, 1.54) is 0 Å². The lowest BCUT2D eigenvalue weighted by atomic mass is 10.1. The van der Waals surface area contributed by atoms with Crippen LogP contribution in [0.15, 0.2) is 24.5 Å². The summed E-state index contributed by atoms with van der Waals surface area (Å²) < 4.78 is 1.98. The van der Waals surface area contributed by atoms with Crippen molar-refractivity contribution in [3.05, 3.63) is 30.1 Å². The molecule has 1 atom stereocenters. The molecular weight excluding hydrogens is 258 g/mol. The fourth-order valence-electron chi connectivity index (χ4n) is 2.67. The molecule has 0 spiro atoms. The average molecular weight is 273 g/mol. The first-order valence-electron chi connectivity index (χ1n) is 6.50. The Morgan fingerprint density at radius 3 is 2.95 bits per heavy atom. The van der Waals surface area contributed by atoms with Crippen LogP contribution in [0.2, 0.25) is 0 Å². The Labute approximate surface area is 115 Å². The fourth-order valence-corrected chi connectivity index (χ4v) is 2.67. The SMILES string of the molecule is CN1CC(n2cnc3ccc(C(=O)O)cc32)CCC1=O. The second kappa shape index (κ2) is 4.63. The van der Waals surface area contributed by atoms with Crippen LogP contribution in [-0.4, -0.2) is 45.0 Å². The van der Waals surface area contributed by atoms with Crippen LogP contribution >= 0.6 is 0 Å². The molecule has 1 aliphatic rings. The van der Waals surface area contributed by atoms with Crippen LogP contribution in [0, 0.1) is 0 Å². The molecule has 20 heavy (non-hydrogen) atoms. The summed E-state index contributed by atoms with van der Waals surface area (Å²) in [5.41, 5.74) is 1.83. The van der Waals surface area contributed by atoms with Crippen molar-refractivity contribution in [1.29, 1.82) is 0 Å². The maximum absolute atomic E-state index is 11.5. The molecule has 0 saturated carbocycles. The summed E-state index contributed by atoms with van der Waals surface area (Å²) in [4.78, 5) is 28.6. The summed E-state index contributed by atoms with van der Waals surface area (Å²) in [6.45, 7) is 0.627. The van der Waals surface area contributed by atoms with Gasteiger partial charge in [-0.2, -0.15) is 0 Å². The van der Waals surface area contributed by atoms with Gasteiger partial charge in [0.1, 0.15) is 0 Å². The molecule has 2 heterocycles. The smallest absolute Gasteiger partial charge is 0.335 e. The largest absolute Gasteiger partial charge is 0.478 e. The third kappa shape index (κ3) is 2.03. The number of carboxylic acids is 1. The maximum Gasteiger partial charge on any atom is 0.335 e. The highest BCUT2D eigenvalue weighted by atomic mass is 16.4. The first kappa shape index (κ1) is 12.7. The quantitative estimate of drug-likeness (QED) is 0.900. The van der Waals surface area contributed by atoms with E-state index in [9.17, 15) is 9.59 Å². The molecule has 0 bridgehead atoms. The number of imidazole rings is 1. The lowest BCUT2D eigenvalue weighted by molar-refractivity contribution is -0.132. The zero-order valence-corrected chi connectivity index (χ0v) is 11.1. The van der Waals surface area contributed by atoms with Gasteiger partial charge in [-0.1, -0.05) is 0 Å². The summed E-state index contributed by atoms with van der Waals surface area (Å²) >= 11 is 0. The van der Waals surface area contributed by atoms with Gasteiger partial charge in [0.25, 0.3) is 0 Å². The molecule has 2 aromatic rings. The van der Waals surface area contributed by atoms with Gasteiger partial charge in [-0.15, -0.1) is 0 Å². The number of aromatic nitrogens is 2. The number of aromatic carboxylic acids is 1. The second-order valence-electron chi connectivity index (χ2n) is 5.13. The van der Waals surface area contributed by atoms with Crippen LogP contribution in [0.4, 0.5) is 0 Å². The highest BCUT2D eigenvalue weighted by molar-refractivity contribution is 5.92. The van der Waals surface area contributed by atoms with Crippen LogP contribution in [0.1, 0.15) is 29.2 Å². The third-order valence-corrected chi connectivity index (χ3v) is 3.82. The zero-order chi connectivity index (χ0) is 14.3. The standard InChI is InChI=1S/C14H15N3O3/c1-16-7-10(3-5-13(16)18)17-8-15-11-4-2-9(14(19)20)6-12(11)17/h2,4,6,8,10H,3,5,7H2,1H3,(H,19,20). The number of piperidine rings is 1. The maximum atomic E-state index is 11.5. The number of likely N-dealkylation sites (N-methyl/N-ethyl adjacent to an activating group) is 1. The number of hydrogen-bond donors (Lipinski definition) is 1. The summed E-state index contributed by atoms with van der Waals surface area (Å²) in [5.74, 6) is -0.799. The van der Waals surface area contributed by atoms with E-state index in [2.05, 4.69) is 4.98 Å². The Balaban J connectivity index is 2.01. The number of benzene rings is 1. The van der Waals surface area contributed by atoms with Crippen molar-refractivity contribution in [2.24, 2.45) is 0 Å². The number of carboxylic acid groups (broad SMARTS) is 1. The minimum atomic E-state index is -0.949. The molecule has 1 aromatic carbocycles. The first-order chi connectivity index (χ1) is 9.56. The minimum Gasteiger partial charge on any atom is -0.478 e. The van der Waals surface area contributed by atoms with Crippen molar-refractivity contribution in [3.63, 3.8) is 0 Å². The van der Waals surface area contributed by atoms with Gasteiger partial charge >= 0.3 is 5.97 Å². The van der Waals surface area contributed by atoms with Crippen molar-refractivity contribution in [1.82, 2.24) is 14.5 Å². The molecule has 1 saturated heterocycles. The van der Waals surface area contributed by atoms with Crippen molar-refractivity contribution >= 4 is 22.9 Å². The van der Waals surface area contributed by atoms with Crippen LogP contribution in [0.25, 0.3) is 11.0 Å². The van der Waals surface area contributed by atoms with E-state index in [4.69, 9.17) is 5.11 Å². The Kier molecular flexibility index (Phi) is 2.93. The molecule has 1 aromatic heterocycles.